The second-order valence-corrected chi connectivity index (χ2v) is 4.87. The van der Waals surface area contributed by atoms with Gasteiger partial charge in [-0.25, -0.2) is 0 Å². The number of ketones is 1. The van der Waals surface area contributed by atoms with Crippen LogP contribution in [0.25, 0.3) is 0 Å². The molecule has 0 aromatic heterocycles. The number of esters is 1. The molecule has 1 aliphatic heterocycles. The molecule has 5 nitrogen and oxygen atoms in total. The number of Topliss-reactive ketones (excluding diaryl/α,β-unsaturated/α-hetero) is 1. The predicted molar refractivity (Wildman–Crippen MR) is 67.3 cm³/mol. The maximum Gasteiger partial charge on any atom is 0.317 e. The van der Waals surface area contributed by atoms with E-state index in [0.717, 1.165) is 19.5 Å². The van der Waals surface area contributed by atoms with Crippen LogP contribution in [0.4, 0.5) is 0 Å². The van der Waals surface area contributed by atoms with E-state index in [1.54, 1.807) is 0 Å². The Hall–Kier alpha value is -0.940. The Kier molecular flexibility index (Phi) is 6.29. The van der Waals surface area contributed by atoms with Crippen molar-refractivity contribution in [2.75, 3.05) is 33.4 Å². The zero-order valence-corrected chi connectivity index (χ0v) is 11.5. The van der Waals surface area contributed by atoms with Gasteiger partial charge in [-0.15, -0.1) is 0 Å². The van der Waals surface area contributed by atoms with Crippen LogP contribution in [-0.4, -0.2) is 56.1 Å². The molecular formula is C13H23NO4. The van der Waals surface area contributed by atoms with E-state index in [-0.39, 0.29) is 11.9 Å². The van der Waals surface area contributed by atoms with E-state index in [1.165, 1.54) is 7.11 Å². The lowest BCUT2D eigenvalue weighted by molar-refractivity contribution is -0.151. The normalized spacial score (nSPS) is 21.3. The molecule has 1 rings (SSSR count). The molecule has 0 bridgehead atoms. The van der Waals surface area contributed by atoms with Crippen molar-refractivity contribution in [3.8, 4) is 0 Å². The average Bonchev–Trinajstić information content (AvgIpc) is 2.35. The summed E-state index contributed by atoms with van der Waals surface area (Å²) in [6.07, 6.45) is 1.60. The van der Waals surface area contributed by atoms with Gasteiger partial charge in [-0.3, -0.25) is 9.59 Å². The van der Waals surface area contributed by atoms with Crippen molar-refractivity contribution in [3.63, 3.8) is 0 Å². The fraction of sp³-hybridized carbons (Fsp3) is 0.846. The van der Waals surface area contributed by atoms with E-state index in [0.29, 0.717) is 19.6 Å². The standard InChI is InChI=1S/C13H23NO4/c1-10(2)18-8-4-6-14-7-5-12(15)11(9-14)13(16)17-3/h10-11H,4-9H2,1-3H3. The van der Waals surface area contributed by atoms with Gasteiger partial charge in [0.2, 0.25) is 0 Å². The molecule has 0 N–H and O–H groups in total. The van der Waals surface area contributed by atoms with Crippen molar-refractivity contribution in [1.82, 2.24) is 4.90 Å². The summed E-state index contributed by atoms with van der Waals surface area (Å²) in [5, 5.41) is 0. The Morgan fingerprint density at radius 1 is 1.50 bits per heavy atom. The molecule has 1 saturated heterocycles. The second kappa shape index (κ2) is 7.48. The summed E-state index contributed by atoms with van der Waals surface area (Å²) in [5.41, 5.74) is 0. The number of carbonyl (C=O) groups excluding carboxylic acids is 2. The van der Waals surface area contributed by atoms with Crippen LogP contribution in [0.5, 0.6) is 0 Å². The highest BCUT2D eigenvalue weighted by Gasteiger charge is 2.33. The van der Waals surface area contributed by atoms with Crippen molar-refractivity contribution in [2.45, 2.75) is 32.8 Å². The molecule has 0 spiro atoms. The number of nitrogens with zero attached hydrogens (tertiary/aromatic N) is 1. The highest BCUT2D eigenvalue weighted by molar-refractivity contribution is 5.99. The van der Waals surface area contributed by atoms with E-state index < -0.39 is 11.9 Å². The molecule has 1 fully saturated rings. The van der Waals surface area contributed by atoms with Gasteiger partial charge in [0.05, 0.1) is 13.2 Å². The molecule has 1 unspecified atom stereocenters. The number of piperidine rings is 1. The molecule has 0 amide bonds. The van der Waals surface area contributed by atoms with Crippen molar-refractivity contribution in [3.05, 3.63) is 0 Å². The van der Waals surface area contributed by atoms with E-state index in [2.05, 4.69) is 9.64 Å². The third-order valence-corrected chi connectivity index (χ3v) is 3.06. The first-order chi connectivity index (χ1) is 8.54. The van der Waals surface area contributed by atoms with Crippen LogP contribution in [0.1, 0.15) is 26.7 Å². The smallest absolute Gasteiger partial charge is 0.317 e. The second-order valence-electron chi connectivity index (χ2n) is 4.87. The Balaban J connectivity index is 2.31. The first-order valence-electron chi connectivity index (χ1n) is 6.49. The van der Waals surface area contributed by atoms with Crippen LogP contribution in [0, 0.1) is 5.92 Å². The molecule has 0 aliphatic carbocycles. The molecule has 0 saturated carbocycles. The largest absolute Gasteiger partial charge is 0.468 e. The Morgan fingerprint density at radius 2 is 2.22 bits per heavy atom. The molecule has 104 valence electrons. The molecule has 0 radical (unpaired) electrons. The average molecular weight is 257 g/mol. The highest BCUT2D eigenvalue weighted by Crippen LogP contribution is 2.14. The number of hydrogen-bond donors (Lipinski definition) is 0. The summed E-state index contributed by atoms with van der Waals surface area (Å²) in [7, 11) is 1.32. The molecule has 0 aromatic carbocycles. The van der Waals surface area contributed by atoms with E-state index in [1.807, 2.05) is 13.8 Å². The lowest BCUT2D eigenvalue weighted by Crippen LogP contribution is -2.45. The number of likely N-dealkylation sites (tertiary alicyclic amines) is 1. The van der Waals surface area contributed by atoms with Gasteiger partial charge < -0.3 is 14.4 Å². The van der Waals surface area contributed by atoms with Crippen molar-refractivity contribution in [1.29, 1.82) is 0 Å². The molecule has 0 aromatic rings. The molecule has 1 atom stereocenters. The minimum Gasteiger partial charge on any atom is -0.468 e. The summed E-state index contributed by atoms with van der Waals surface area (Å²) in [6.45, 7) is 6.79. The van der Waals surface area contributed by atoms with Gasteiger partial charge in [0.25, 0.3) is 0 Å². The maximum atomic E-state index is 11.6. The van der Waals surface area contributed by atoms with Gasteiger partial charge in [-0.1, -0.05) is 0 Å². The minimum atomic E-state index is -0.602. The van der Waals surface area contributed by atoms with E-state index in [9.17, 15) is 9.59 Å². The first-order valence-corrected chi connectivity index (χ1v) is 6.49. The van der Waals surface area contributed by atoms with Crippen molar-refractivity contribution >= 4 is 11.8 Å². The van der Waals surface area contributed by atoms with Gasteiger partial charge in [-0.05, 0) is 20.3 Å². The molecular weight excluding hydrogens is 234 g/mol. The van der Waals surface area contributed by atoms with Gasteiger partial charge in [0.1, 0.15) is 11.7 Å². The SMILES string of the molecule is COC(=O)C1CN(CCCOC(C)C)CCC1=O. The number of ether oxygens (including phenoxy) is 2. The Bertz CT molecular complexity index is 283. The topological polar surface area (TPSA) is 55.8 Å². The van der Waals surface area contributed by atoms with E-state index >= 15 is 0 Å². The zero-order chi connectivity index (χ0) is 13.5. The summed E-state index contributed by atoms with van der Waals surface area (Å²) >= 11 is 0. The number of carbonyl (C=O) groups is 2. The van der Waals surface area contributed by atoms with Crippen LogP contribution in [0.3, 0.4) is 0 Å². The van der Waals surface area contributed by atoms with Crippen molar-refractivity contribution < 1.29 is 19.1 Å². The number of hydrogen-bond acceptors (Lipinski definition) is 5. The van der Waals surface area contributed by atoms with E-state index in [4.69, 9.17) is 4.74 Å². The zero-order valence-electron chi connectivity index (χ0n) is 11.5. The third-order valence-electron chi connectivity index (χ3n) is 3.06. The van der Waals surface area contributed by atoms with Crippen molar-refractivity contribution in [2.24, 2.45) is 5.92 Å². The summed E-state index contributed by atoms with van der Waals surface area (Å²) in [4.78, 5) is 25.2. The summed E-state index contributed by atoms with van der Waals surface area (Å²) in [5.74, 6) is -1.02. The lowest BCUT2D eigenvalue weighted by atomic mass is 9.96. The first kappa shape index (κ1) is 15.1. The third kappa shape index (κ3) is 4.74. The van der Waals surface area contributed by atoms with Crippen LogP contribution in [0.2, 0.25) is 0 Å². The molecule has 1 aliphatic rings. The number of methoxy groups -OCH3 is 1. The van der Waals surface area contributed by atoms with Gasteiger partial charge in [-0.2, -0.15) is 0 Å². The van der Waals surface area contributed by atoms with Crippen LogP contribution in [0.15, 0.2) is 0 Å². The Morgan fingerprint density at radius 3 is 2.83 bits per heavy atom. The molecule has 5 heteroatoms. The minimum absolute atomic E-state index is 0.00321. The fourth-order valence-electron chi connectivity index (χ4n) is 2.05. The molecule has 18 heavy (non-hydrogen) atoms. The van der Waals surface area contributed by atoms with Crippen LogP contribution in [-0.2, 0) is 19.1 Å². The summed E-state index contributed by atoms with van der Waals surface area (Å²) < 4.78 is 10.1. The quantitative estimate of drug-likeness (QED) is 0.401. The Labute approximate surface area is 108 Å². The fourth-order valence-corrected chi connectivity index (χ4v) is 2.05. The van der Waals surface area contributed by atoms with Crippen LogP contribution >= 0.6 is 0 Å². The predicted octanol–water partition coefficient (Wildman–Crippen LogP) is 0.865. The lowest BCUT2D eigenvalue weighted by Gasteiger charge is -2.30. The van der Waals surface area contributed by atoms with Gasteiger partial charge >= 0.3 is 5.97 Å². The van der Waals surface area contributed by atoms with Gasteiger partial charge in [0, 0.05) is 32.7 Å². The monoisotopic (exact) mass is 257 g/mol. The van der Waals surface area contributed by atoms with Crippen LogP contribution < -0.4 is 0 Å². The summed E-state index contributed by atoms with van der Waals surface area (Å²) in [6, 6.07) is 0. The number of rotatable bonds is 6. The highest BCUT2D eigenvalue weighted by atomic mass is 16.5. The maximum absolute atomic E-state index is 11.6. The molecule has 1 heterocycles. The van der Waals surface area contributed by atoms with Gasteiger partial charge in [0.15, 0.2) is 0 Å².